The lowest BCUT2D eigenvalue weighted by atomic mass is 10.4. The number of aryl methyl sites for hydroxylation is 2. The van der Waals surface area contributed by atoms with Gasteiger partial charge in [-0.25, -0.2) is 9.78 Å². The largest absolute Gasteiger partial charge is 0.456 e. The summed E-state index contributed by atoms with van der Waals surface area (Å²) in [6.45, 7) is 5.99. The van der Waals surface area contributed by atoms with Crippen LogP contribution in [0, 0.1) is 25.7 Å². The van der Waals surface area contributed by atoms with Crippen LogP contribution in [-0.4, -0.2) is 17.6 Å². The summed E-state index contributed by atoms with van der Waals surface area (Å²) in [7, 11) is 0. The molecule has 1 aromatic rings. The van der Waals surface area contributed by atoms with Gasteiger partial charge < -0.3 is 4.74 Å². The summed E-state index contributed by atoms with van der Waals surface area (Å²) in [5.74, 6) is 4.55. The first kappa shape index (κ1) is 10.7. The summed E-state index contributed by atoms with van der Waals surface area (Å²) < 4.78 is 4.66. The Hall–Kier alpha value is -1.34. The summed E-state index contributed by atoms with van der Waals surface area (Å²) >= 11 is 1.48. The highest BCUT2D eigenvalue weighted by Crippen LogP contribution is 2.14. The molecule has 0 unspecified atom stereocenters. The van der Waals surface area contributed by atoms with Crippen LogP contribution >= 0.6 is 11.3 Å². The Labute approximate surface area is 87.1 Å². The van der Waals surface area contributed by atoms with E-state index in [9.17, 15) is 4.79 Å². The molecule has 0 spiro atoms. The monoisotopic (exact) mass is 209 g/mol. The third-order valence-electron chi connectivity index (χ3n) is 1.58. The molecule has 0 saturated heterocycles. The van der Waals surface area contributed by atoms with E-state index < -0.39 is 5.97 Å². The Kier molecular flexibility index (Phi) is 3.66. The second-order valence-corrected chi connectivity index (χ2v) is 3.83. The van der Waals surface area contributed by atoms with Crippen LogP contribution in [0.3, 0.4) is 0 Å². The molecule has 0 amide bonds. The van der Waals surface area contributed by atoms with Gasteiger partial charge in [0.25, 0.3) is 0 Å². The van der Waals surface area contributed by atoms with E-state index in [2.05, 4.69) is 21.6 Å². The minimum atomic E-state index is -0.502. The molecule has 0 N–H and O–H groups in total. The van der Waals surface area contributed by atoms with Crippen LogP contribution in [0.5, 0.6) is 0 Å². The topological polar surface area (TPSA) is 39.2 Å². The summed E-state index contributed by atoms with van der Waals surface area (Å²) in [5.41, 5.74) is 0.961. The molecule has 3 nitrogen and oxygen atoms in total. The van der Waals surface area contributed by atoms with Gasteiger partial charge in [-0.2, -0.15) is 0 Å². The van der Waals surface area contributed by atoms with E-state index in [4.69, 9.17) is 0 Å². The summed E-state index contributed by atoms with van der Waals surface area (Å²) in [4.78, 5) is 16.2. The van der Waals surface area contributed by atoms with Crippen molar-refractivity contribution >= 4 is 17.3 Å². The zero-order valence-corrected chi connectivity index (χ0v) is 9.20. The van der Waals surface area contributed by atoms with Gasteiger partial charge in [0.05, 0.1) is 12.3 Å². The van der Waals surface area contributed by atoms with Gasteiger partial charge in [-0.1, -0.05) is 0 Å². The molecule has 0 bridgehead atoms. The first-order chi connectivity index (χ1) is 6.63. The molecule has 1 aromatic heterocycles. The van der Waals surface area contributed by atoms with Crippen LogP contribution < -0.4 is 0 Å². The van der Waals surface area contributed by atoms with E-state index in [1.165, 1.54) is 11.3 Å². The van der Waals surface area contributed by atoms with Crippen LogP contribution in [0.4, 0.5) is 0 Å². The van der Waals surface area contributed by atoms with E-state index in [0.29, 0.717) is 11.6 Å². The molecular formula is C10H11NO2S. The number of esters is 1. The van der Waals surface area contributed by atoms with Crippen molar-refractivity contribution in [3.63, 3.8) is 0 Å². The van der Waals surface area contributed by atoms with Crippen LogP contribution in [0.1, 0.15) is 22.5 Å². The Bertz CT molecular complexity index is 378. The smallest absolute Gasteiger partial charge is 0.384 e. The minimum Gasteiger partial charge on any atom is -0.456 e. The predicted molar refractivity (Wildman–Crippen MR) is 55.1 cm³/mol. The van der Waals surface area contributed by atoms with Crippen LogP contribution in [-0.2, 0) is 9.53 Å². The zero-order valence-electron chi connectivity index (χ0n) is 8.38. The second-order valence-electron chi connectivity index (χ2n) is 2.63. The van der Waals surface area contributed by atoms with E-state index in [0.717, 1.165) is 10.6 Å². The van der Waals surface area contributed by atoms with E-state index >= 15 is 0 Å². The summed E-state index contributed by atoms with van der Waals surface area (Å²) in [6.07, 6.45) is 0. The van der Waals surface area contributed by atoms with Crippen molar-refractivity contribution in [1.29, 1.82) is 0 Å². The average Bonchev–Trinajstić information content (AvgIpc) is 2.44. The van der Waals surface area contributed by atoms with Crippen molar-refractivity contribution in [2.45, 2.75) is 20.8 Å². The quantitative estimate of drug-likeness (QED) is 0.521. The lowest BCUT2D eigenvalue weighted by molar-refractivity contribution is -0.136. The number of hydrogen-bond donors (Lipinski definition) is 0. The van der Waals surface area contributed by atoms with Crippen molar-refractivity contribution in [2.75, 3.05) is 6.61 Å². The van der Waals surface area contributed by atoms with Gasteiger partial charge in [0.1, 0.15) is 0 Å². The van der Waals surface area contributed by atoms with E-state index in [1.807, 2.05) is 13.8 Å². The number of aromatic nitrogens is 1. The molecule has 0 fully saturated rings. The molecule has 1 rings (SSSR count). The molecule has 1 heterocycles. The SMILES string of the molecule is CCOC(=O)C#Cc1nc(C)c(C)s1. The highest BCUT2D eigenvalue weighted by atomic mass is 32.1. The first-order valence-electron chi connectivity index (χ1n) is 4.26. The van der Waals surface area contributed by atoms with E-state index in [1.54, 1.807) is 6.92 Å². The van der Waals surface area contributed by atoms with Crippen molar-refractivity contribution in [3.8, 4) is 11.8 Å². The predicted octanol–water partition coefficient (Wildman–Crippen LogP) is 1.67. The molecule has 0 radical (unpaired) electrons. The highest BCUT2D eigenvalue weighted by Gasteiger charge is 2.00. The maximum atomic E-state index is 10.9. The molecule has 0 aliphatic rings. The van der Waals surface area contributed by atoms with Gasteiger partial charge in [-0.15, -0.1) is 11.3 Å². The standard InChI is InChI=1S/C10H11NO2S/c1-4-13-10(12)6-5-9-11-7(2)8(3)14-9/h4H2,1-3H3. The van der Waals surface area contributed by atoms with Crippen molar-refractivity contribution in [3.05, 3.63) is 15.6 Å². The van der Waals surface area contributed by atoms with Crippen LogP contribution in [0.2, 0.25) is 0 Å². The Morgan fingerprint density at radius 2 is 2.29 bits per heavy atom. The average molecular weight is 209 g/mol. The number of thiazole rings is 1. The number of nitrogens with zero attached hydrogens (tertiary/aromatic N) is 1. The zero-order chi connectivity index (χ0) is 10.6. The van der Waals surface area contributed by atoms with Crippen molar-refractivity contribution in [1.82, 2.24) is 4.98 Å². The second kappa shape index (κ2) is 4.77. The Morgan fingerprint density at radius 3 is 2.79 bits per heavy atom. The van der Waals surface area contributed by atoms with Gasteiger partial charge in [-0.3, -0.25) is 0 Å². The number of carbonyl (C=O) groups excluding carboxylic acids is 1. The van der Waals surface area contributed by atoms with Gasteiger partial charge in [-0.05, 0) is 26.7 Å². The van der Waals surface area contributed by atoms with Gasteiger partial charge in [0.2, 0.25) is 0 Å². The van der Waals surface area contributed by atoms with E-state index in [-0.39, 0.29) is 0 Å². The fourth-order valence-electron chi connectivity index (χ4n) is 0.798. The number of carbonyl (C=O) groups is 1. The molecular weight excluding hydrogens is 198 g/mol. The number of rotatable bonds is 1. The number of hydrogen-bond acceptors (Lipinski definition) is 4. The fourth-order valence-corrected chi connectivity index (χ4v) is 1.57. The highest BCUT2D eigenvalue weighted by molar-refractivity contribution is 7.12. The van der Waals surface area contributed by atoms with Crippen molar-refractivity contribution < 1.29 is 9.53 Å². The lowest BCUT2D eigenvalue weighted by Gasteiger charge is -1.89. The molecule has 0 aliphatic carbocycles. The maximum absolute atomic E-state index is 10.9. The summed E-state index contributed by atoms with van der Waals surface area (Å²) in [5, 5.41) is 0.660. The van der Waals surface area contributed by atoms with Crippen LogP contribution in [0.15, 0.2) is 0 Å². The summed E-state index contributed by atoms with van der Waals surface area (Å²) in [6, 6.07) is 0. The molecule has 74 valence electrons. The normalized spacial score (nSPS) is 9.07. The lowest BCUT2D eigenvalue weighted by Crippen LogP contribution is -1.99. The molecule has 0 saturated carbocycles. The molecule has 0 aromatic carbocycles. The Balaban J connectivity index is 2.72. The molecule has 0 atom stereocenters. The molecule has 4 heteroatoms. The van der Waals surface area contributed by atoms with Gasteiger partial charge in [0, 0.05) is 10.8 Å². The third kappa shape index (κ3) is 2.86. The molecule has 14 heavy (non-hydrogen) atoms. The Morgan fingerprint density at radius 1 is 1.57 bits per heavy atom. The third-order valence-corrected chi connectivity index (χ3v) is 2.56. The van der Waals surface area contributed by atoms with Gasteiger partial charge >= 0.3 is 5.97 Å². The maximum Gasteiger partial charge on any atom is 0.384 e. The molecule has 0 aliphatic heterocycles. The van der Waals surface area contributed by atoms with Crippen molar-refractivity contribution in [2.24, 2.45) is 0 Å². The minimum absolute atomic E-state index is 0.351. The fraction of sp³-hybridized carbons (Fsp3) is 0.400. The number of ether oxygens (including phenoxy) is 1. The van der Waals surface area contributed by atoms with Crippen LogP contribution in [0.25, 0.3) is 0 Å². The first-order valence-corrected chi connectivity index (χ1v) is 5.08. The van der Waals surface area contributed by atoms with Gasteiger partial charge in [0.15, 0.2) is 5.01 Å².